The third kappa shape index (κ3) is 2.01. The number of rotatable bonds is 3. The van der Waals surface area contributed by atoms with Crippen molar-refractivity contribution >= 4 is 11.4 Å². The van der Waals surface area contributed by atoms with Crippen LogP contribution in [0.2, 0.25) is 0 Å². The van der Waals surface area contributed by atoms with Crippen LogP contribution in [0.1, 0.15) is 0 Å². The second kappa shape index (κ2) is 4.71. The summed E-state index contributed by atoms with van der Waals surface area (Å²) in [4.78, 5) is 2.11. The number of benzene rings is 2. The van der Waals surface area contributed by atoms with Crippen LogP contribution in [-0.4, -0.2) is 14.2 Å². The molecule has 0 radical (unpaired) electrons. The molecule has 0 saturated carbocycles. The Morgan fingerprint density at radius 3 is 2.19 bits per heavy atom. The van der Waals surface area contributed by atoms with E-state index >= 15 is 0 Å². The standard InChI is InChI=1S/C14H15NO/c1-15(12-8-4-3-5-9-12)13-10-6-7-11-14(13)16-2/h3-11H,1-2H3. The van der Waals surface area contributed by atoms with Gasteiger partial charge in [0.1, 0.15) is 5.75 Å². The summed E-state index contributed by atoms with van der Waals surface area (Å²) in [5.74, 6) is 0.883. The summed E-state index contributed by atoms with van der Waals surface area (Å²) in [7, 11) is 3.73. The van der Waals surface area contributed by atoms with Gasteiger partial charge in [-0.3, -0.25) is 0 Å². The number of ether oxygens (including phenoxy) is 1. The van der Waals surface area contributed by atoms with Crippen molar-refractivity contribution < 1.29 is 4.74 Å². The van der Waals surface area contributed by atoms with Crippen molar-refractivity contribution in [2.75, 3.05) is 19.1 Å². The lowest BCUT2D eigenvalue weighted by Gasteiger charge is -2.21. The maximum Gasteiger partial charge on any atom is 0.142 e. The fourth-order valence-electron chi connectivity index (χ4n) is 1.70. The summed E-state index contributed by atoms with van der Waals surface area (Å²) in [6.07, 6.45) is 0. The minimum Gasteiger partial charge on any atom is -0.495 e. The van der Waals surface area contributed by atoms with Gasteiger partial charge in [0.05, 0.1) is 12.8 Å². The summed E-state index contributed by atoms with van der Waals surface area (Å²) < 4.78 is 5.35. The van der Waals surface area contributed by atoms with Crippen LogP contribution in [0, 0.1) is 0 Å². The fourth-order valence-corrected chi connectivity index (χ4v) is 1.70. The van der Waals surface area contributed by atoms with Gasteiger partial charge in [-0.05, 0) is 24.3 Å². The maximum absolute atomic E-state index is 5.35. The molecule has 0 unspecified atom stereocenters. The molecule has 0 fully saturated rings. The van der Waals surface area contributed by atoms with Gasteiger partial charge < -0.3 is 9.64 Å². The summed E-state index contributed by atoms with van der Waals surface area (Å²) >= 11 is 0. The van der Waals surface area contributed by atoms with Crippen molar-refractivity contribution in [3.8, 4) is 5.75 Å². The molecular weight excluding hydrogens is 198 g/mol. The third-order valence-corrected chi connectivity index (χ3v) is 2.59. The minimum atomic E-state index is 0.883. The largest absolute Gasteiger partial charge is 0.495 e. The van der Waals surface area contributed by atoms with E-state index in [1.54, 1.807) is 7.11 Å². The summed E-state index contributed by atoms with van der Waals surface area (Å²) in [6, 6.07) is 18.2. The zero-order chi connectivity index (χ0) is 11.4. The average molecular weight is 213 g/mol. The molecule has 2 aromatic rings. The predicted molar refractivity (Wildman–Crippen MR) is 67.5 cm³/mol. The zero-order valence-electron chi connectivity index (χ0n) is 9.55. The van der Waals surface area contributed by atoms with Gasteiger partial charge in [0, 0.05) is 12.7 Å². The first-order valence-corrected chi connectivity index (χ1v) is 5.24. The van der Waals surface area contributed by atoms with Gasteiger partial charge in [-0.25, -0.2) is 0 Å². The molecule has 16 heavy (non-hydrogen) atoms. The first-order valence-electron chi connectivity index (χ1n) is 5.24. The number of para-hydroxylation sites is 3. The molecule has 0 saturated heterocycles. The SMILES string of the molecule is COc1ccccc1N(C)c1ccccc1. The number of anilines is 2. The molecule has 0 aliphatic carbocycles. The van der Waals surface area contributed by atoms with Crippen LogP contribution in [-0.2, 0) is 0 Å². The first kappa shape index (κ1) is 10.6. The molecular formula is C14H15NO. The summed E-state index contributed by atoms with van der Waals surface area (Å²) in [5.41, 5.74) is 2.21. The molecule has 0 spiro atoms. The van der Waals surface area contributed by atoms with Crippen LogP contribution in [0.5, 0.6) is 5.75 Å². The molecule has 2 aromatic carbocycles. The van der Waals surface area contributed by atoms with Gasteiger partial charge in [-0.15, -0.1) is 0 Å². The van der Waals surface area contributed by atoms with Gasteiger partial charge in [0.2, 0.25) is 0 Å². The molecule has 0 aromatic heterocycles. The van der Waals surface area contributed by atoms with Crippen LogP contribution >= 0.6 is 0 Å². The van der Waals surface area contributed by atoms with Crippen LogP contribution in [0.15, 0.2) is 54.6 Å². The topological polar surface area (TPSA) is 12.5 Å². The van der Waals surface area contributed by atoms with E-state index in [2.05, 4.69) is 17.0 Å². The number of nitrogens with zero attached hydrogens (tertiary/aromatic N) is 1. The lowest BCUT2D eigenvalue weighted by atomic mass is 10.2. The van der Waals surface area contributed by atoms with Crippen molar-refractivity contribution in [2.45, 2.75) is 0 Å². The Kier molecular flexibility index (Phi) is 3.10. The highest BCUT2D eigenvalue weighted by Gasteiger charge is 2.07. The molecule has 0 aliphatic heterocycles. The Morgan fingerprint density at radius 2 is 1.50 bits per heavy atom. The molecule has 0 N–H and O–H groups in total. The highest BCUT2D eigenvalue weighted by molar-refractivity contribution is 5.68. The fraction of sp³-hybridized carbons (Fsp3) is 0.143. The van der Waals surface area contributed by atoms with Gasteiger partial charge in [0.15, 0.2) is 0 Å². The molecule has 2 rings (SSSR count). The van der Waals surface area contributed by atoms with Gasteiger partial charge in [-0.2, -0.15) is 0 Å². The monoisotopic (exact) mass is 213 g/mol. The molecule has 2 nitrogen and oxygen atoms in total. The van der Waals surface area contributed by atoms with Crippen molar-refractivity contribution in [3.05, 3.63) is 54.6 Å². The van der Waals surface area contributed by atoms with E-state index in [-0.39, 0.29) is 0 Å². The lowest BCUT2D eigenvalue weighted by Crippen LogP contribution is -2.10. The first-order chi connectivity index (χ1) is 7.83. The van der Waals surface area contributed by atoms with Crippen LogP contribution in [0.3, 0.4) is 0 Å². The van der Waals surface area contributed by atoms with E-state index < -0.39 is 0 Å². The molecule has 0 amide bonds. The number of methoxy groups -OCH3 is 1. The number of hydrogen-bond donors (Lipinski definition) is 0. The molecule has 0 bridgehead atoms. The summed E-state index contributed by atoms with van der Waals surface area (Å²) in [6.45, 7) is 0. The van der Waals surface area contributed by atoms with Gasteiger partial charge >= 0.3 is 0 Å². The van der Waals surface area contributed by atoms with E-state index in [4.69, 9.17) is 4.74 Å². The van der Waals surface area contributed by atoms with Gasteiger partial charge in [0.25, 0.3) is 0 Å². The van der Waals surface area contributed by atoms with Crippen molar-refractivity contribution in [1.82, 2.24) is 0 Å². The molecule has 0 heterocycles. The Labute approximate surface area is 96.1 Å². The Bertz CT molecular complexity index is 453. The highest BCUT2D eigenvalue weighted by Crippen LogP contribution is 2.31. The Hall–Kier alpha value is -1.96. The minimum absolute atomic E-state index is 0.883. The lowest BCUT2D eigenvalue weighted by molar-refractivity contribution is 0.415. The van der Waals surface area contributed by atoms with E-state index in [1.807, 2.05) is 49.5 Å². The maximum atomic E-state index is 5.35. The van der Waals surface area contributed by atoms with E-state index in [9.17, 15) is 0 Å². The van der Waals surface area contributed by atoms with Crippen molar-refractivity contribution in [3.63, 3.8) is 0 Å². The van der Waals surface area contributed by atoms with Crippen molar-refractivity contribution in [2.24, 2.45) is 0 Å². The molecule has 2 heteroatoms. The van der Waals surface area contributed by atoms with Crippen molar-refractivity contribution in [1.29, 1.82) is 0 Å². The predicted octanol–water partition coefficient (Wildman–Crippen LogP) is 3.46. The highest BCUT2D eigenvalue weighted by atomic mass is 16.5. The smallest absolute Gasteiger partial charge is 0.142 e. The second-order valence-electron chi connectivity index (χ2n) is 3.57. The zero-order valence-corrected chi connectivity index (χ0v) is 9.55. The van der Waals surface area contributed by atoms with Gasteiger partial charge in [-0.1, -0.05) is 30.3 Å². The van der Waals surface area contributed by atoms with Crippen LogP contribution in [0.4, 0.5) is 11.4 Å². The average Bonchev–Trinajstić information content (AvgIpc) is 2.39. The number of hydrogen-bond acceptors (Lipinski definition) is 2. The van der Waals surface area contributed by atoms with Crippen LogP contribution in [0.25, 0.3) is 0 Å². The van der Waals surface area contributed by atoms with E-state index in [0.717, 1.165) is 17.1 Å². The van der Waals surface area contributed by atoms with E-state index in [0.29, 0.717) is 0 Å². The second-order valence-corrected chi connectivity index (χ2v) is 3.57. The quantitative estimate of drug-likeness (QED) is 0.774. The Morgan fingerprint density at radius 1 is 0.875 bits per heavy atom. The molecule has 82 valence electrons. The van der Waals surface area contributed by atoms with Crippen LogP contribution < -0.4 is 9.64 Å². The summed E-state index contributed by atoms with van der Waals surface area (Å²) in [5, 5.41) is 0. The molecule has 0 aliphatic rings. The third-order valence-electron chi connectivity index (χ3n) is 2.59. The Balaban J connectivity index is 2.37. The van der Waals surface area contributed by atoms with E-state index in [1.165, 1.54) is 0 Å². The molecule has 0 atom stereocenters. The normalized spacial score (nSPS) is 9.88.